The molecular weight excluding hydrogens is 402 g/mol. The van der Waals surface area contributed by atoms with Crippen LogP contribution < -0.4 is 16.2 Å². The topological polar surface area (TPSA) is 138 Å². The second-order valence-electron chi connectivity index (χ2n) is 7.57. The van der Waals surface area contributed by atoms with E-state index in [1.807, 2.05) is 6.07 Å². The summed E-state index contributed by atoms with van der Waals surface area (Å²) in [5.41, 5.74) is -0.931. The Morgan fingerprint density at radius 2 is 1.71 bits per heavy atom. The molecule has 3 rings (SSSR count). The Labute approximate surface area is 178 Å². The summed E-state index contributed by atoms with van der Waals surface area (Å²) < 4.78 is 1.17. The van der Waals surface area contributed by atoms with Crippen LogP contribution in [0.15, 0.2) is 41.3 Å². The standard InChI is InChI=1S/C22H25N3O6/c26-17(27)11-23-21(30)18-19(28)16(20(29)24-15-9-5-2-6-10-15)13-25(22(18)31)12-14-7-3-1-4-8-14/h1,3-4,7-8,13,15,28H,2,5-6,9-12H2,(H,23,30)(H,24,29)(H,26,27). The molecular formula is C22H25N3O6. The lowest BCUT2D eigenvalue weighted by atomic mass is 9.95. The minimum Gasteiger partial charge on any atom is -0.506 e. The lowest BCUT2D eigenvalue weighted by molar-refractivity contribution is -0.135. The highest BCUT2D eigenvalue weighted by atomic mass is 16.4. The molecule has 4 N–H and O–H groups in total. The van der Waals surface area contributed by atoms with E-state index in [0.29, 0.717) is 0 Å². The number of carboxylic acids is 1. The average molecular weight is 427 g/mol. The molecule has 0 unspecified atom stereocenters. The number of amides is 2. The molecule has 0 saturated heterocycles. The van der Waals surface area contributed by atoms with Gasteiger partial charge in [0.1, 0.15) is 17.9 Å². The number of hydrogen-bond acceptors (Lipinski definition) is 5. The van der Waals surface area contributed by atoms with Gasteiger partial charge in [-0.25, -0.2) is 0 Å². The van der Waals surface area contributed by atoms with E-state index < -0.39 is 41.2 Å². The van der Waals surface area contributed by atoms with Crippen molar-refractivity contribution >= 4 is 17.8 Å². The van der Waals surface area contributed by atoms with E-state index in [2.05, 4.69) is 10.6 Å². The Kier molecular flexibility index (Phi) is 7.07. The molecule has 0 aliphatic heterocycles. The summed E-state index contributed by atoms with van der Waals surface area (Å²) in [5, 5.41) is 24.3. The van der Waals surface area contributed by atoms with Gasteiger partial charge in [0.25, 0.3) is 17.4 Å². The van der Waals surface area contributed by atoms with E-state index in [9.17, 15) is 24.3 Å². The van der Waals surface area contributed by atoms with E-state index in [0.717, 1.165) is 37.7 Å². The molecule has 1 saturated carbocycles. The molecule has 1 aromatic heterocycles. The first-order valence-electron chi connectivity index (χ1n) is 10.2. The highest BCUT2D eigenvalue weighted by molar-refractivity contribution is 6.04. The summed E-state index contributed by atoms with van der Waals surface area (Å²) in [4.78, 5) is 49.1. The maximum Gasteiger partial charge on any atom is 0.322 e. The van der Waals surface area contributed by atoms with Crippen molar-refractivity contribution in [3.05, 3.63) is 63.6 Å². The molecule has 9 nitrogen and oxygen atoms in total. The third-order valence-corrected chi connectivity index (χ3v) is 5.26. The maximum absolute atomic E-state index is 12.9. The van der Waals surface area contributed by atoms with Gasteiger partial charge in [-0.2, -0.15) is 0 Å². The number of nitrogens with zero attached hydrogens (tertiary/aromatic N) is 1. The lowest BCUT2D eigenvalue weighted by Gasteiger charge is -2.23. The van der Waals surface area contributed by atoms with Crippen LogP contribution in [0.2, 0.25) is 0 Å². The van der Waals surface area contributed by atoms with Crippen molar-refractivity contribution in [3.8, 4) is 5.75 Å². The van der Waals surface area contributed by atoms with Crippen molar-refractivity contribution in [2.75, 3.05) is 6.54 Å². The molecule has 0 bridgehead atoms. The highest BCUT2D eigenvalue weighted by Gasteiger charge is 2.26. The Hall–Kier alpha value is -3.62. The Balaban J connectivity index is 1.99. The Morgan fingerprint density at radius 1 is 1.03 bits per heavy atom. The van der Waals surface area contributed by atoms with Gasteiger partial charge in [-0.1, -0.05) is 49.6 Å². The second-order valence-corrected chi connectivity index (χ2v) is 7.57. The van der Waals surface area contributed by atoms with Crippen LogP contribution in [0.1, 0.15) is 58.4 Å². The number of carboxylic acid groups (broad SMARTS) is 1. The summed E-state index contributed by atoms with van der Waals surface area (Å²) in [7, 11) is 0. The molecule has 0 spiro atoms. The second kappa shape index (κ2) is 9.92. The predicted molar refractivity (Wildman–Crippen MR) is 112 cm³/mol. The molecule has 1 aromatic carbocycles. The minimum absolute atomic E-state index is 0.0422. The van der Waals surface area contributed by atoms with Crippen LogP contribution in [-0.2, 0) is 11.3 Å². The fourth-order valence-electron chi connectivity index (χ4n) is 3.68. The molecule has 1 fully saturated rings. The summed E-state index contributed by atoms with van der Waals surface area (Å²) in [6, 6.07) is 8.92. The van der Waals surface area contributed by atoms with Crippen LogP contribution in [0.25, 0.3) is 0 Å². The number of hydrogen-bond donors (Lipinski definition) is 4. The monoisotopic (exact) mass is 427 g/mol. The van der Waals surface area contributed by atoms with Gasteiger partial charge in [0.2, 0.25) is 0 Å². The van der Waals surface area contributed by atoms with Gasteiger partial charge in [-0.3, -0.25) is 19.2 Å². The third-order valence-electron chi connectivity index (χ3n) is 5.26. The van der Waals surface area contributed by atoms with E-state index in [4.69, 9.17) is 5.11 Å². The van der Waals surface area contributed by atoms with Gasteiger partial charge in [0.15, 0.2) is 0 Å². The summed E-state index contributed by atoms with van der Waals surface area (Å²) in [5.74, 6) is -3.70. The first-order valence-corrected chi connectivity index (χ1v) is 10.2. The molecule has 31 heavy (non-hydrogen) atoms. The number of benzene rings is 1. The smallest absolute Gasteiger partial charge is 0.322 e. The fourth-order valence-corrected chi connectivity index (χ4v) is 3.68. The van der Waals surface area contributed by atoms with Crippen LogP contribution >= 0.6 is 0 Å². The SMILES string of the molecule is O=C(O)CNC(=O)c1c(O)c(C(=O)NC2CCCCC2)cn(Cc2ccccc2)c1=O. The normalized spacial score (nSPS) is 14.1. The zero-order valence-corrected chi connectivity index (χ0v) is 17.0. The minimum atomic E-state index is -1.30. The van der Waals surface area contributed by atoms with Crippen LogP contribution in [0.3, 0.4) is 0 Å². The van der Waals surface area contributed by atoms with Crippen molar-refractivity contribution in [2.45, 2.75) is 44.7 Å². The van der Waals surface area contributed by atoms with E-state index in [1.165, 1.54) is 10.8 Å². The van der Waals surface area contributed by atoms with Gasteiger partial charge >= 0.3 is 5.97 Å². The number of aliphatic carboxylic acids is 1. The zero-order valence-electron chi connectivity index (χ0n) is 17.0. The van der Waals surface area contributed by atoms with Crippen LogP contribution in [-0.4, -0.2) is 45.2 Å². The van der Waals surface area contributed by atoms with Crippen molar-refractivity contribution in [1.82, 2.24) is 15.2 Å². The fraction of sp³-hybridized carbons (Fsp3) is 0.364. The van der Waals surface area contributed by atoms with E-state index in [1.54, 1.807) is 24.3 Å². The number of rotatable bonds is 7. The van der Waals surface area contributed by atoms with Crippen LogP contribution in [0, 0.1) is 0 Å². The molecule has 1 aliphatic rings. The van der Waals surface area contributed by atoms with Gasteiger partial charge in [-0.05, 0) is 18.4 Å². The third kappa shape index (κ3) is 5.50. The number of aromatic nitrogens is 1. The highest BCUT2D eigenvalue weighted by Crippen LogP contribution is 2.22. The molecule has 2 amide bonds. The maximum atomic E-state index is 12.9. The van der Waals surface area contributed by atoms with Crippen molar-refractivity contribution < 1.29 is 24.6 Å². The molecule has 2 aromatic rings. The van der Waals surface area contributed by atoms with E-state index in [-0.39, 0.29) is 18.2 Å². The van der Waals surface area contributed by atoms with Gasteiger partial charge in [-0.15, -0.1) is 0 Å². The van der Waals surface area contributed by atoms with Crippen molar-refractivity contribution in [1.29, 1.82) is 0 Å². The summed E-state index contributed by atoms with van der Waals surface area (Å²) in [6.07, 6.45) is 5.97. The molecule has 0 atom stereocenters. The van der Waals surface area contributed by atoms with E-state index >= 15 is 0 Å². The average Bonchev–Trinajstić information content (AvgIpc) is 2.75. The first-order chi connectivity index (χ1) is 14.9. The van der Waals surface area contributed by atoms with Crippen LogP contribution in [0.5, 0.6) is 5.75 Å². The molecule has 9 heteroatoms. The predicted octanol–water partition coefficient (Wildman–Crippen LogP) is 1.48. The number of carbonyl (C=O) groups is 3. The molecule has 164 valence electrons. The molecule has 1 aliphatic carbocycles. The zero-order chi connectivity index (χ0) is 22.4. The summed E-state index contributed by atoms with van der Waals surface area (Å²) >= 11 is 0. The number of carbonyl (C=O) groups excluding carboxylic acids is 2. The van der Waals surface area contributed by atoms with Gasteiger partial charge in [0, 0.05) is 12.2 Å². The van der Waals surface area contributed by atoms with Crippen LogP contribution in [0.4, 0.5) is 0 Å². The number of aromatic hydroxyl groups is 1. The molecule has 1 heterocycles. The molecule has 0 radical (unpaired) electrons. The van der Waals surface area contributed by atoms with Gasteiger partial charge in [0.05, 0.1) is 12.1 Å². The Morgan fingerprint density at radius 3 is 2.35 bits per heavy atom. The first kappa shape index (κ1) is 22.1. The lowest BCUT2D eigenvalue weighted by Crippen LogP contribution is -2.39. The van der Waals surface area contributed by atoms with Crippen molar-refractivity contribution in [3.63, 3.8) is 0 Å². The Bertz CT molecular complexity index is 1030. The summed E-state index contributed by atoms with van der Waals surface area (Å²) in [6.45, 7) is -0.655. The van der Waals surface area contributed by atoms with Crippen molar-refractivity contribution in [2.24, 2.45) is 0 Å². The van der Waals surface area contributed by atoms with Gasteiger partial charge < -0.3 is 25.4 Å². The number of pyridine rings is 1. The quantitative estimate of drug-likeness (QED) is 0.528. The number of nitrogens with one attached hydrogen (secondary N) is 2. The largest absolute Gasteiger partial charge is 0.506 e.